The molecule has 0 saturated carbocycles. The van der Waals surface area contributed by atoms with E-state index in [1.807, 2.05) is 0 Å². The van der Waals surface area contributed by atoms with E-state index in [2.05, 4.69) is 43.4 Å². The standard InChI is InChI=1S/C19H22FNO2/c1-14(2)16-9-7-15(8-10-16)11-12-21-19(22)13-23-18-6-4-3-5-17(18)20/h3-10,14H,11-13H2,1-2H3,(H,21,22). The van der Waals surface area contributed by atoms with Crippen molar-refractivity contribution in [2.45, 2.75) is 26.2 Å². The van der Waals surface area contributed by atoms with Crippen LogP contribution >= 0.6 is 0 Å². The number of carbonyl (C=O) groups is 1. The summed E-state index contributed by atoms with van der Waals surface area (Å²) in [5.41, 5.74) is 2.47. The third-order valence-electron chi connectivity index (χ3n) is 3.58. The monoisotopic (exact) mass is 315 g/mol. The van der Waals surface area contributed by atoms with E-state index >= 15 is 0 Å². The van der Waals surface area contributed by atoms with Crippen molar-refractivity contribution in [2.75, 3.05) is 13.2 Å². The van der Waals surface area contributed by atoms with E-state index < -0.39 is 5.82 Å². The molecular formula is C19H22FNO2. The molecule has 0 unspecified atom stereocenters. The van der Waals surface area contributed by atoms with Crippen LogP contribution in [0.25, 0.3) is 0 Å². The highest BCUT2D eigenvalue weighted by Gasteiger charge is 2.06. The first-order valence-corrected chi connectivity index (χ1v) is 7.79. The lowest BCUT2D eigenvalue weighted by atomic mass is 10.0. The molecule has 0 spiro atoms. The second-order valence-corrected chi connectivity index (χ2v) is 5.72. The van der Waals surface area contributed by atoms with Crippen LogP contribution in [0.3, 0.4) is 0 Å². The summed E-state index contributed by atoms with van der Waals surface area (Å²) in [7, 11) is 0. The van der Waals surface area contributed by atoms with Gasteiger partial charge in [0.15, 0.2) is 18.2 Å². The van der Waals surface area contributed by atoms with Gasteiger partial charge in [-0.25, -0.2) is 4.39 Å². The molecule has 3 nitrogen and oxygen atoms in total. The minimum atomic E-state index is -0.467. The summed E-state index contributed by atoms with van der Waals surface area (Å²) in [5.74, 6) is -0.121. The molecule has 0 heterocycles. The first-order chi connectivity index (χ1) is 11.1. The van der Waals surface area contributed by atoms with Gasteiger partial charge in [0.1, 0.15) is 0 Å². The Balaban J connectivity index is 1.71. The van der Waals surface area contributed by atoms with Gasteiger partial charge in [0, 0.05) is 6.54 Å². The van der Waals surface area contributed by atoms with Gasteiger partial charge in [-0.1, -0.05) is 50.2 Å². The van der Waals surface area contributed by atoms with Crippen LogP contribution in [-0.2, 0) is 11.2 Å². The van der Waals surface area contributed by atoms with Crippen LogP contribution in [-0.4, -0.2) is 19.1 Å². The molecule has 1 N–H and O–H groups in total. The number of nitrogens with one attached hydrogen (secondary N) is 1. The minimum absolute atomic E-state index is 0.0897. The fourth-order valence-electron chi connectivity index (χ4n) is 2.17. The highest BCUT2D eigenvalue weighted by molar-refractivity contribution is 5.77. The Hall–Kier alpha value is -2.36. The van der Waals surface area contributed by atoms with Gasteiger partial charge in [-0.3, -0.25) is 4.79 Å². The molecule has 0 fully saturated rings. The first kappa shape index (κ1) is 17.0. The molecule has 122 valence electrons. The van der Waals surface area contributed by atoms with Crippen LogP contribution < -0.4 is 10.1 Å². The molecule has 4 heteroatoms. The number of para-hydroxylation sites is 1. The number of rotatable bonds is 7. The number of hydrogen-bond acceptors (Lipinski definition) is 2. The van der Waals surface area contributed by atoms with Crippen molar-refractivity contribution in [2.24, 2.45) is 0 Å². The Morgan fingerprint density at radius 1 is 1.13 bits per heavy atom. The van der Waals surface area contributed by atoms with Crippen LogP contribution in [0.4, 0.5) is 4.39 Å². The Bertz CT molecular complexity index is 638. The number of hydrogen-bond donors (Lipinski definition) is 1. The Morgan fingerprint density at radius 3 is 2.48 bits per heavy atom. The number of ether oxygens (including phenoxy) is 1. The summed E-state index contributed by atoms with van der Waals surface area (Å²) >= 11 is 0. The normalized spacial score (nSPS) is 10.6. The minimum Gasteiger partial charge on any atom is -0.481 e. The van der Waals surface area contributed by atoms with E-state index in [-0.39, 0.29) is 18.3 Å². The average molecular weight is 315 g/mol. The maximum absolute atomic E-state index is 13.3. The van der Waals surface area contributed by atoms with Crippen LogP contribution in [0.15, 0.2) is 48.5 Å². The number of carbonyl (C=O) groups excluding carboxylic acids is 1. The van der Waals surface area contributed by atoms with Crippen molar-refractivity contribution < 1.29 is 13.9 Å². The zero-order valence-electron chi connectivity index (χ0n) is 13.5. The van der Waals surface area contributed by atoms with Crippen molar-refractivity contribution in [3.63, 3.8) is 0 Å². The van der Waals surface area contributed by atoms with Gasteiger partial charge in [-0.2, -0.15) is 0 Å². The quantitative estimate of drug-likeness (QED) is 0.846. The SMILES string of the molecule is CC(C)c1ccc(CCNC(=O)COc2ccccc2F)cc1. The molecule has 0 atom stereocenters. The number of halogens is 1. The van der Waals surface area contributed by atoms with E-state index in [1.165, 1.54) is 23.3 Å². The van der Waals surface area contributed by atoms with Gasteiger partial charge in [0.2, 0.25) is 0 Å². The lowest BCUT2D eigenvalue weighted by Gasteiger charge is -2.09. The summed E-state index contributed by atoms with van der Waals surface area (Å²) < 4.78 is 18.5. The molecule has 2 rings (SSSR count). The molecule has 0 saturated heterocycles. The van der Waals surface area contributed by atoms with E-state index in [9.17, 15) is 9.18 Å². The predicted octanol–water partition coefficient (Wildman–Crippen LogP) is 3.69. The second kappa shape index (κ2) is 8.32. The zero-order chi connectivity index (χ0) is 16.7. The molecule has 0 aliphatic heterocycles. The summed E-state index contributed by atoms with van der Waals surface area (Å²) in [6, 6.07) is 14.4. The molecule has 0 bridgehead atoms. The van der Waals surface area contributed by atoms with Crippen LogP contribution in [0, 0.1) is 5.82 Å². The molecule has 1 amide bonds. The molecule has 23 heavy (non-hydrogen) atoms. The van der Waals surface area contributed by atoms with Gasteiger partial charge in [0.05, 0.1) is 0 Å². The van der Waals surface area contributed by atoms with Crippen molar-refractivity contribution in [1.29, 1.82) is 0 Å². The van der Waals surface area contributed by atoms with Gasteiger partial charge < -0.3 is 10.1 Å². The van der Waals surface area contributed by atoms with Crippen LogP contribution in [0.5, 0.6) is 5.75 Å². The van der Waals surface area contributed by atoms with Gasteiger partial charge in [-0.05, 0) is 35.6 Å². The smallest absolute Gasteiger partial charge is 0.257 e. The summed E-state index contributed by atoms with van der Waals surface area (Å²) in [6.45, 7) is 4.66. The molecule has 0 radical (unpaired) electrons. The average Bonchev–Trinajstić information content (AvgIpc) is 2.54. The van der Waals surface area contributed by atoms with Crippen LogP contribution in [0.2, 0.25) is 0 Å². The fraction of sp³-hybridized carbons (Fsp3) is 0.316. The maximum atomic E-state index is 13.3. The van der Waals surface area contributed by atoms with E-state index in [0.29, 0.717) is 12.5 Å². The lowest BCUT2D eigenvalue weighted by molar-refractivity contribution is -0.123. The van der Waals surface area contributed by atoms with E-state index in [1.54, 1.807) is 12.1 Å². The topological polar surface area (TPSA) is 38.3 Å². The summed E-state index contributed by atoms with van der Waals surface area (Å²) in [6.07, 6.45) is 0.754. The Kier molecular flexibility index (Phi) is 6.15. The molecule has 2 aromatic carbocycles. The highest BCUT2D eigenvalue weighted by Crippen LogP contribution is 2.15. The number of benzene rings is 2. The van der Waals surface area contributed by atoms with Crippen molar-refractivity contribution in [3.8, 4) is 5.75 Å². The Morgan fingerprint density at radius 2 is 1.83 bits per heavy atom. The predicted molar refractivity (Wildman–Crippen MR) is 89.1 cm³/mol. The lowest BCUT2D eigenvalue weighted by Crippen LogP contribution is -2.30. The molecular weight excluding hydrogens is 293 g/mol. The molecule has 0 aliphatic rings. The van der Waals surface area contributed by atoms with Gasteiger partial charge >= 0.3 is 0 Å². The van der Waals surface area contributed by atoms with E-state index in [0.717, 1.165) is 6.42 Å². The number of amides is 1. The third-order valence-corrected chi connectivity index (χ3v) is 3.58. The van der Waals surface area contributed by atoms with Crippen molar-refractivity contribution >= 4 is 5.91 Å². The van der Waals surface area contributed by atoms with Gasteiger partial charge in [0.25, 0.3) is 5.91 Å². The summed E-state index contributed by atoms with van der Waals surface area (Å²) in [5, 5.41) is 2.77. The maximum Gasteiger partial charge on any atom is 0.257 e. The highest BCUT2D eigenvalue weighted by atomic mass is 19.1. The Labute approximate surface area is 136 Å². The summed E-state index contributed by atoms with van der Waals surface area (Å²) in [4.78, 5) is 11.7. The van der Waals surface area contributed by atoms with E-state index in [4.69, 9.17) is 4.74 Å². The molecule has 0 aliphatic carbocycles. The molecule has 0 aromatic heterocycles. The van der Waals surface area contributed by atoms with Crippen molar-refractivity contribution in [1.82, 2.24) is 5.32 Å². The van der Waals surface area contributed by atoms with Crippen LogP contribution in [0.1, 0.15) is 30.9 Å². The van der Waals surface area contributed by atoms with Crippen molar-refractivity contribution in [3.05, 3.63) is 65.5 Å². The largest absolute Gasteiger partial charge is 0.481 e. The molecule has 2 aromatic rings. The fourth-order valence-corrected chi connectivity index (χ4v) is 2.17. The second-order valence-electron chi connectivity index (χ2n) is 5.72. The first-order valence-electron chi connectivity index (χ1n) is 7.79. The van der Waals surface area contributed by atoms with Gasteiger partial charge in [-0.15, -0.1) is 0 Å². The third kappa shape index (κ3) is 5.40. The zero-order valence-corrected chi connectivity index (χ0v) is 13.5.